The van der Waals surface area contributed by atoms with Crippen molar-refractivity contribution >= 4 is 23.5 Å². The van der Waals surface area contributed by atoms with Gasteiger partial charge in [-0.05, 0) is 49.6 Å². The molecule has 1 aromatic carbocycles. The SMILES string of the molecule is COc1ccc(N2CC(C(=O)NCc3ccnc(N4CCCCC4)n3)CC2=O)cc1. The van der Waals surface area contributed by atoms with Crippen LogP contribution in [0.15, 0.2) is 36.5 Å². The van der Waals surface area contributed by atoms with E-state index in [2.05, 4.69) is 20.2 Å². The molecular formula is C22H27N5O3. The summed E-state index contributed by atoms with van der Waals surface area (Å²) in [6, 6.07) is 9.10. The van der Waals surface area contributed by atoms with Crippen LogP contribution in [-0.4, -0.2) is 48.5 Å². The fourth-order valence-electron chi connectivity index (χ4n) is 3.95. The third kappa shape index (κ3) is 4.53. The summed E-state index contributed by atoms with van der Waals surface area (Å²) in [7, 11) is 1.60. The Bertz CT molecular complexity index is 896. The molecule has 0 saturated carbocycles. The van der Waals surface area contributed by atoms with Gasteiger partial charge in [-0.3, -0.25) is 9.59 Å². The summed E-state index contributed by atoms with van der Waals surface area (Å²) in [5, 5.41) is 2.94. The highest BCUT2D eigenvalue weighted by molar-refractivity contribution is 6.00. The van der Waals surface area contributed by atoms with E-state index >= 15 is 0 Å². The number of aromatic nitrogens is 2. The molecule has 2 fully saturated rings. The molecule has 2 aliphatic heterocycles. The van der Waals surface area contributed by atoms with E-state index in [4.69, 9.17) is 4.74 Å². The van der Waals surface area contributed by atoms with Crippen molar-refractivity contribution in [2.24, 2.45) is 5.92 Å². The summed E-state index contributed by atoms with van der Waals surface area (Å²) in [6.45, 7) is 2.65. The second-order valence-corrected chi connectivity index (χ2v) is 7.72. The van der Waals surface area contributed by atoms with Crippen molar-refractivity contribution < 1.29 is 14.3 Å². The molecule has 0 bridgehead atoms. The van der Waals surface area contributed by atoms with E-state index in [1.54, 1.807) is 18.2 Å². The normalized spacial score (nSPS) is 19.1. The van der Waals surface area contributed by atoms with Crippen molar-refractivity contribution in [3.8, 4) is 5.75 Å². The topological polar surface area (TPSA) is 87.7 Å². The summed E-state index contributed by atoms with van der Waals surface area (Å²) in [5.74, 6) is 0.909. The molecule has 8 heteroatoms. The first-order valence-electron chi connectivity index (χ1n) is 10.4. The Labute approximate surface area is 176 Å². The number of ether oxygens (including phenoxy) is 1. The van der Waals surface area contributed by atoms with Crippen molar-refractivity contribution in [2.75, 3.05) is 36.5 Å². The number of piperidine rings is 1. The van der Waals surface area contributed by atoms with Crippen LogP contribution in [0.1, 0.15) is 31.4 Å². The van der Waals surface area contributed by atoms with Gasteiger partial charge >= 0.3 is 0 Å². The molecule has 2 amide bonds. The maximum absolute atomic E-state index is 12.7. The summed E-state index contributed by atoms with van der Waals surface area (Å²) in [5.41, 5.74) is 1.55. The van der Waals surface area contributed by atoms with Crippen molar-refractivity contribution in [1.29, 1.82) is 0 Å². The van der Waals surface area contributed by atoms with E-state index in [9.17, 15) is 9.59 Å². The zero-order valence-corrected chi connectivity index (χ0v) is 17.2. The van der Waals surface area contributed by atoms with Gasteiger partial charge in [0.15, 0.2) is 0 Å². The Morgan fingerprint density at radius 2 is 1.93 bits per heavy atom. The van der Waals surface area contributed by atoms with Crippen LogP contribution >= 0.6 is 0 Å². The van der Waals surface area contributed by atoms with E-state index in [0.29, 0.717) is 13.1 Å². The smallest absolute Gasteiger partial charge is 0.227 e. The van der Waals surface area contributed by atoms with Crippen molar-refractivity contribution in [3.63, 3.8) is 0 Å². The van der Waals surface area contributed by atoms with Crippen LogP contribution in [0.25, 0.3) is 0 Å². The van der Waals surface area contributed by atoms with Crippen LogP contribution in [0.4, 0.5) is 11.6 Å². The zero-order chi connectivity index (χ0) is 20.9. The van der Waals surface area contributed by atoms with Crippen molar-refractivity contribution in [2.45, 2.75) is 32.2 Å². The number of nitrogens with one attached hydrogen (secondary N) is 1. The third-order valence-corrected chi connectivity index (χ3v) is 5.66. The molecule has 8 nitrogen and oxygen atoms in total. The molecule has 0 aliphatic carbocycles. The number of carbonyl (C=O) groups excluding carboxylic acids is 2. The first kappa shape index (κ1) is 20.1. The number of amides is 2. The molecule has 0 radical (unpaired) electrons. The molecule has 2 saturated heterocycles. The summed E-state index contributed by atoms with van der Waals surface area (Å²) in [6.07, 6.45) is 5.51. The van der Waals surface area contributed by atoms with E-state index in [1.165, 1.54) is 6.42 Å². The molecule has 158 valence electrons. The number of nitrogens with zero attached hydrogens (tertiary/aromatic N) is 4. The standard InChI is InChI=1S/C22H27N5O3/c1-30-19-7-5-18(6-8-19)27-15-16(13-20(27)28)21(29)24-14-17-9-10-23-22(25-17)26-11-3-2-4-12-26/h5-10,16H,2-4,11-15H2,1H3,(H,24,29). The van der Waals surface area contributed by atoms with Gasteiger partial charge in [-0.25, -0.2) is 9.97 Å². The molecule has 1 aromatic heterocycles. The van der Waals surface area contributed by atoms with Gasteiger partial charge in [-0.1, -0.05) is 0 Å². The third-order valence-electron chi connectivity index (χ3n) is 5.66. The second kappa shape index (κ2) is 9.11. The van der Waals surface area contributed by atoms with Gasteiger partial charge < -0.3 is 19.9 Å². The summed E-state index contributed by atoms with van der Waals surface area (Å²) in [4.78, 5) is 37.9. The number of anilines is 2. The summed E-state index contributed by atoms with van der Waals surface area (Å²) < 4.78 is 5.16. The maximum Gasteiger partial charge on any atom is 0.227 e. The highest BCUT2D eigenvalue weighted by atomic mass is 16.5. The average Bonchev–Trinajstić information content (AvgIpc) is 3.20. The lowest BCUT2D eigenvalue weighted by molar-refractivity contribution is -0.126. The quantitative estimate of drug-likeness (QED) is 0.787. The van der Waals surface area contributed by atoms with Crippen molar-refractivity contribution in [3.05, 3.63) is 42.2 Å². The highest BCUT2D eigenvalue weighted by Gasteiger charge is 2.35. The number of hydrogen-bond acceptors (Lipinski definition) is 6. The number of hydrogen-bond donors (Lipinski definition) is 1. The predicted molar refractivity (Wildman–Crippen MR) is 113 cm³/mol. The predicted octanol–water partition coefficient (Wildman–Crippen LogP) is 2.14. The van der Waals surface area contributed by atoms with Gasteiger partial charge in [0.2, 0.25) is 17.8 Å². The van der Waals surface area contributed by atoms with Gasteiger partial charge in [0.1, 0.15) is 5.75 Å². The molecule has 1 atom stereocenters. The Balaban J connectivity index is 1.33. The number of benzene rings is 1. The minimum atomic E-state index is -0.372. The van der Waals surface area contributed by atoms with E-state index in [-0.39, 0.29) is 24.2 Å². The molecule has 2 aromatic rings. The monoisotopic (exact) mass is 409 g/mol. The lowest BCUT2D eigenvalue weighted by Gasteiger charge is -2.26. The Morgan fingerprint density at radius 1 is 1.17 bits per heavy atom. The molecular weight excluding hydrogens is 382 g/mol. The molecule has 30 heavy (non-hydrogen) atoms. The van der Waals surface area contributed by atoms with Gasteiger partial charge in [0, 0.05) is 37.9 Å². The van der Waals surface area contributed by atoms with Gasteiger partial charge in [0.25, 0.3) is 0 Å². The van der Waals surface area contributed by atoms with Crippen LogP contribution in [0, 0.1) is 5.92 Å². The minimum absolute atomic E-state index is 0.0465. The molecule has 1 N–H and O–H groups in total. The number of rotatable bonds is 6. The van der Waals surface area contributed by atoms with Crippen LogP contribution < -0.4 is 19.9 Å². The van der Waals surface area contributed by atoms with E-state index in [0.717, 1.165) is 49.0 Å². The lowest BCUT2D eigenvalue weighted by atomic mass is 10.1. The highest BCUT2D eigenvalue weighted by Crippen LogP contribution is 2.27. The Hall–Kier alpha value is -3.16. The molecule has 2 aliphatic rings. The lowest BCUT2D eigenvalue weighted by Crippen LogP contribution is -2.33. The number of carbonyl (C=O) groups is 2. The average molecular weight is 409 g/mol. The molecule has 1 unspecified atom stereocenters. The van der Waals surface area contributed by atoms with Crippen LogP contribution in [0.2, 0.25) is 0 Å². The summed E-state index contributed by atoms with van der Waals surface area (Å²) >= 11 is 0. The van der Waals surface area contributed by atoms with Crippen LogP contribution in [-0.2, 0) is 16.1 Å². The van der Waals surface area contributed by atoms with Crippen molar-refractivity contribution in [1.82, 2.24) is 15.3 Å². The minimum Gasteiger partial charge on any atom is -0.497 e. The van der Waals surface area contributed by atoms with E-state index in [1.807, 2.05) is 30.3 Å². The van der Waals surface area contributed by atoms with Gasteiger partial charge in [-0.15, -0.1) is 0 Å². The molecule has 4 rings (SSSR count). The van der Waals surface area contributed by atoms with Gasteiger partial charge in [0.05, 0.1) is 25.3 Å². The Kier molecular flexibility index (Phi) is 6.11. The first-order valence-corrected chi connectivity index (χ1v) is 10.4. The molecule has 3 heterocycles. The van der Waals surface area contributed by atoms with Crippen LogP contribution in [0.5, 0.6) is 5.75 Å². The maximum atomic E-state index is 12.7. The van der Waals surface area contributed by atoms with E-state index < -0.39 is 0 Å². The largest absolute Gasteiger partial charge is 0.497 e. The van der Waals surface area contributed by atoms with Crippen LogP contribution in [0.3, 0.4) is 0 Å². The Morgan fingerprint density at radius 3 is 2.67 bits per heavy atom. The fourth-order valence-corrected chi connectivity index (χ4v) is 3.95. The first-order chi connectivity index (χ1) is 14.6. The zero-order valence-electron chi connectivity index (χ0n) is 17.2. The fraction of sp³-hybridized carbons (Fsp3) is 0.455. The number of methoxy groups -OCH3 is 1. The van der Waals surface area contributed by atoms with Gasteiger partial charge in [-0.2, -0.15) is 0 Å². The molecule has 0 spiro atoms. The second-order valence-electron chi connectivity index (χ2n) is 7.72.